The molecule has 0 aliphatic heterocycles. The molecule has 0 heterocycles. The van der Waals surface area contributed by atoms with Crippen LogP contribution in [0.2, 0.25) is 0 Å². The maximum absolute atomic E-state index is 12.2. The van der Waals surface area contributed by atoms with E-state index in [0.29, 0.717) is 0 Å². The van der Waals surface area contributed by atoms with E-state index in [1.807, 2.05) is 27.7 Å². The molecule has 0 saturated heterocycles. The summed E-state index contributed by atoms with van der Waals surface area (Å²) in [5.74, 6) is -1.08. The second kappa shape index (κ2) is 6.37. The molecule has 6 heteroatoms. The lowest BCUT2D eigenvalue weighted by molar-refractivity contribution is -0.139. The van der Waals surface area contributed by atoms with E-state index < -0.39 is 22.0 Å². The van der Waals surface area contributed by atoms with Crippen LogP contribution in [-0.2, 0) is 14.8 Å². The van der Waals surface area contributed by atoms with Crippen molar-refractivity contribution in [1.29, 1.82) is 0 Å². The number of aliphatic carboxylic acids is 1. The van der Waals surface area contributed by atoms with E-state index in [-0.39, 0.29) is 17.2 Å². The number of sulfonamides is 1. The van der Waals surface area contributed by atoms with Gasteiger partial charge in [0.05, 0.1) is 4.90 Å². The summed E-state index contributed by atoms with van der Waals surface area (Å²) < 4.78 is 26.7. The van der Waals surface area contributed by atoms with Crippen molar-refractivity contribution in [3.05, 3.63) is 29.3 Å². The monoisotopic (exact) mass is 299 g/mol. The Morgan fingerprint density at radius 3 is 2.30 bits per heavy atom. The van der Waals surface area contributed by atoms with Gasteiger partial charge in [-0.05, 0) is 49.4 Å². The van der Waals surface area contributed by atoms with Gasteiger partial charge >= 0.3 is 5.97 Å². The summed E-state index contributed by atoms with van der Waals surface area (Å²) >= 11 is 0. The normalized spacial score (nSPS) is 13.4. The molecule has 0 aliphatic carbocycles. The van der Waals surface area contributed by atoms with Gasteiger partial charge in [0.2, 0.25) is 10.0 Å². The highest BCUT2D eigenvalue weighted by molar-refractivity contribution is 7.89. The van der Waals surface area contributed by atoms with Gasteiger partial charge in [-0.15, -0.1) is 0 Å². The molecule has 2 N–H and O–H groups in total. The molecule has 5 nitrogen and oxygen atoms in total. The smallest absolute Gasteiger partial charge is 0.321 e. The molecular formula is C14H21NO4S. The lowest BCUT2D eigenvalue weighted by Gasteiger charge is -2.17. The molecule has 0 radical (unpaired) electrons. The fourth-order valence-electron chi connectivity index (χ4n) is 1.81. The summed E-state index contributed by atoms with van der Waals surface area (Å²) in [4.78, 5) is 11.2. The lowest BCUT2D eigenvalue weighted by Crippen LogP contribution is -2.41. The minimum Gasteiger partial charge on any atom is -0.480 e. The fraction of sp³-hybridized carbons (Fsp3) is 0.500. The van der Waals surface area contributed by atoms with Gasteiger partial charge in [0.15, 0.2) is 0 Å². The Labute approximate surface area is 120 Å². The van der Waals surface area contributed by atoms with Crippen molar-refractivity contribution in [2.75, 3.05) is 0 Å². The van der Waals surface area contributed by atoms with Crippen molar-refractivity contribution < 1.29 is 18.3 Å². The minimum absolute atomic E-state index is 0.0820. The van der Waals surface area contributed by atoms with Gasteiger partial charge in [0.25, 0.3) is 0 Å². The summed E-state index contributed by atoms with van der Waals surface area (Å²) in [6.07, 6.45) is 0.249. The van der Waals surface area contributed by atoms with Crippen LogP contribution >= 0.6 is 0 Å². The first kappa shape index (κ1) is 16.7. The molecule has 1 aromatic rings. The summed E-state index contributed by atoms with van der Waals surface area (Å²) in [5.41, 5.74) is 1.84. The number of aryl methyl sites for hydroxylation is 2. The van der Waals surface area contributed by atoms with Crippen LogP contribution in [0.5, 0.6) is 0 Å². The lowest BCUT2D eigenvalue weighted by atomic mass is 10.1. The average molecular weight is 299 g/mol. The standard InChI is InChI=1S/C14H21NO4S/c1-9(2)7-13(14(16)17)15-20(18,19)12-6-5-10(3)11(4)8-12/h5-6,8-9,13,15H,7H2,1-4H3,(H,16,17)/t13-/m0/s1. The first-order chi connectivity index (χ1) is 9.13. The van der Waals surface area contributed by atoms with Gasteiger partial charge in [-0.1, -0.05) is 19.9 Å². The molecule has 1 atom stereocenters. The van der Waals surface area contributed by atoms with E-state index in [1.54, 1.807) is 12.1 Å². The van der Waals surface area contributed by atoms with E-state index >= 15 is 0 Å². The van der Waals surface area contributed by atoms with Gasteiger partial charge in [0, 0.05) is 0 Å². The van der Waals surface area contributed by atoms with Crippen LogP contribution in [0.3, 0.4) is 0 Å². The van der Waals surface area contributed by atoms with Gasteiger partial charge in [-0.25, -0.2) is 8.42 Å². The largest absolute Gasteiger partial charge is 0.480 e. The Balaban J connectivity index is 3.03. The third kappa shape index (κ3) is 4.31. The first-order valence-corrected chi connectivity index (χ1v) is 7.94. The molecule has 0 bridgehead atoms. The topological polar surface area (TPSA) is 83.5 Å². The van der Waals surface area contributed by atoms with Crippen LogP contribution in [0.1, 0.15) is 31.4 Å². The summed E-state index contributed by atoms with van der Waals surface area (Å²) in [5, 5.41) is 9.10. The number of carboxylic acids is 1. The predicted molar refractivity (Wildman–Crippen MR) is 77.1 cm³/mol. The Morgan fingerprint density at radius 1 is 1.25 bits per heavy atom. The number of hydrogen-bond acceptors (Lipinski definition) is 3. The molecule has 0 fully saturated rings. The molecule has 1 aromatic carbocycles. The van der Waals surface area contributed by atoms with Crippen molar-refractivity contribution in [1.82, 2.24) is 4.72 Å². The average Bonchev–Trinajstić information content (AvgIpc) is 2.30. The second-order valence-electron chi connectivity index (χ2n) is 5.39. The third-order valence-corrected chi connectivity index (χ3v) is 4.56. The highest BCUT2D eigenvalue weighted by Gasteiger charge is 2.26. The molecular weight excluding hydrogens is 278 g/mol. The first-order valence-electron chi connectivity index (χ1n) is 6.46. The number of hydrogen-bond donors (Lipinski definition) is 2. The Hall–Kier alpha value is -1.40. The van der Waals surface area contributed by atoms with Crippen LogP contribution in [0, 0.1) is 19.8 Å². The maximum Gasteiger partial charge on any atom is 0.321 e. The van der Waals surface area contributed by atoms with E-state index in [9.17, 15) is 13.2 Å². The number of nitrogens with one attached hydrogen (secondary N) is 1. The molecule has 0 unspecified atom stereocenters. The van der Waals surface area contributed by atoms with Crippen molar-refractivity contribution in [2.45, 2.75) is 45.1 Å². The molecule has 112 valence electrons. The molecule has 0 aliphatic rings. The van der Waals surface area contributed by atoms with Crippen molar-refractivity contribution in [3.63, 3.8) is 0 Å². The zero-order chi connectivity index (χ0) is 15.5. The van der Waals surface area contributed by atoms with E-state index in [4.69, 9.17) is 5.11 Å². The summed E-state index contributed by atoms with van der Waals surface area (Å²) in [7, 11) is -3.82. The van der Waals surface area contributed by atoms with E-state index in [2.05, 4.69) is 4.72 Å². The number of carbonyl (C=O) groups is 1. The van der Waals surface area contributed by atoms with Crippen molar-refractivity contribution >= 4 is 16.0 Å². The van der Waals surface area contributed by atoms with Crippen LogP contribution in [-0.4, -0.2) is 25.5 Å². The SMILES string of the molecule is Cc1ccc(S(=O)(=O)N[C@@H](CC(C)C)C(=O)O)cc1C. The highest BCUT2D eigenvalue weighted by atomic mass is 32.2. The third-order valence-electron chi connectivity index (χ3n) is 3.09. The maximum atomic E-state index is 12.2. The zero-order valence-electron chi connectivity index (χ0n) is 12.2. The minimum atomic E-state index is -3.82. The van der Waals surface area contributed by atoms with Crippen molar-refractivity contribution in [3.8, 4) is 0 Å². The molecule has 0 spiro atoms. The Bertz CT molecular complexity index is 593. The fourth-order valence-corrected chi connectivity index (χ4v) is 3.09. The Kier molecular flexibility index (Phi) is 5.30. The quantitative estimate of drug-likeness (QED) is 0.842. The number of benzene rings is 1. The Morgan fingerprint density at radius 2 is 1.85 bits per heavy atom. The molecule has 0 amide bonds. The summed E-state index contributed by atoms with van der Waals surface area (Å²) in [6.45, 7) is 7.40. The predicted octanol–water partition coefficient (Wildman–Crippen LogP) is 2.08. The van der Waals surface area contributed by atoms with Crippen LogP contribution in [0.4, 0.5) is 0 Å². The molecule has 0 aromatic heterocycles. The molecule has 0 saturated carbocycles. The van der Waals surface area contributed by atoms with Gasteiger partial charge in [-0.2, -0.15) is 4.72 Å². The van der Waals surface area contributed by atoms with Crippen LogP contribution in [0.15, 0.2) is 23.1 Å². The number of rotatable bonds is 6. The zero-order valence-corrected chi connectivity index (χ0v) is 13.0. The van der Waals surface area contributed by atoms with Gasteiger partial charge in [-0.3, -0.25) is 4.79 Å². The van der Waals surface area contributed by atoms with Gasteiger partial charge in [0.1, 0.15) is 6.04 Å². The second-order valence-corrected chi connectivity index (χ2v) is 7.10. The summed E-state index contributed by atoms with van der Waals surface area (Å²) in [6, 6.07) is 3.63. The van der Waals surface area contributed by atoms with Crippen LogP contribution in [0.25, 0.3) is 0 Å². The number of carboxylic acid groups (broad SMARTS) is 1. The molecule has 20 heavy (non-hydrogen) atoms. The molecule has 1 rings (SSSR count). The van der Waals surface area contributed by atoms with Gasteiger partial charge < -0.3 is 5.11 Å². The van der Waals surface area contributed by atoms with E-state index in [0.717, 1.165) is 11.1 Å². The van der Waals surface area contributed by atoms with Crippen LogP contribution < -0.4 is 4.72 Å². The van der Waals surface area contributed by atoms with Crippen molar-refractivity contribution in [2.24, 2.45) is 5.92 Å². The van der Waals surface area contributed by atoms with E-state index in [1.165, 1.54) is 6.07 Å². The highest BCUT2D eigenvalue weighted by Crippen LogP contribution is 2.16.